The summed E-state index contributed by atoms with van der Waals surface area (Å²) in [6.45, 7) is 0.305. The van der Waals surface area contributed by atoms with Crippen LogP contribution in [-0.2, 0) is 0 Å². The van der Waals surface area contributed by atoms with E-state index in [-0.39, 0.29) is 0 Å². The number of hydrogen-bond donors (Lipinski definition) is 0. The van der Waals surface area contributed by atoms with Gasteiger partial charge in [0.15, 0.2) is 11.5 Å². The molecule has 0 unspecified atom stereocenters. The Morgan fingerprint density at radius 3 is 2.89 bits per heavy atom. The normalized spacial score (nSPS) is 16.9. The molecule has 4 rings (SSSR count). The maximum absolute atomic E-state index is 5.39. The van der Waals surface area contributed by atoms with Gasteiger partial charge in [0.25, 0.3) is 0 Å². The second-order valence-electron chi connectivity index (χ2n) is 4.49. The second-order valence-corrected chi connectivity index (χ2v) is 4.49. The molecule has 2 aromatic carbocycles. The van der Waals surface area contributed by atoms with E-state index in [0.29, 0.717) is 6.79 Å². The van der Waals surface area contributed by atoms with Crippen molar-refractivity contribution in [3.63, 3.8) is 0 Å². The van der Waals surface area contributed by atoms with Crippen LogP contribution in [0.25, 0.3) is 11.6 Å². The molecule has 0 fully saturated rings. The number of nitrogens with zero attached hydrogens (tertiary/aromatic N) is 1. The maximum atomic E-state index is 5.39. The summed E-state index contributed by atoms with van der Waals surface area (Å²) in [5, 5.41) is 0. The molecule has 0 bridgehead atoms. The summed E-state index contributed by atoms with van der Waals surface area (Å²) < 4.78 is 10.7. The third kappa shape index (κ3) is 1.71. The first-order valence-corrected chi connectivity index (χ1v) is 6.15. The number of fused-ring (bicyclic) bond motifs is 2. The topological polar surface area (TPSA) is 30.8 Å². The van der Waals surface area contributed by atoms with Gasteiger partial charge < -0.3 is 9.47 Å². The fraction of sp³-hybridized carbons (Fsp3) is 0.0625. The van der Waals surface area contributed by atoms with Crippen LogP contribution in [0.5, 0.6) is 11.5 Å². The fourth-order valence-corrected chi connectivity index (χ4v) is 2.34. The molecular formula is C16H11NO2. The third-order valence-corrected chi connectivity index (χ3v) is 3.28. The number of ether oxygens (including phenoxy) is 2. The second kappa shape index (κ2) is 3.99. The summed E-state index contributed by atoms with van der Waals surface area (Å²) in [5.74, 6) is 1.61. The summed E-state index contributed by atoms with van der Waals surface area (Å²) >= 11 is 0. The van der Waals surface area contributed by atoms with Crippen molar-refractivity contribution in [2.45, 2.75) is 0 Å². The molecule has 0 atom stereocenters. The van der Waals surface area contributed by atoms with Crippen LogP contribution >= 0.6 is 0 Å². The van der Waals surface area contributed by atoms with Crippen LogP contribution in [0.15, 0.2) is 47.5 Å². The van der Waals surface area contributed by atoms with Crippen LogP contribution in [-0.4, -0.2) is 13.0 Å². The van der Waals surface area contributed by atoms with Crippen molar-refractivity contribution in [2.24, 2.45) is 4.99 Å². The monoisotopic (exact) mass is 249 g/mol. The van der Waals surface area contributed by atoms with E-state index < -0.39 is 0 Å². The van der Waals surface area contributed by atoms with Crippen LogP contribution in [0.3, 0.4) is 0 Å². The van der Waals surface area contributed by atoms with Gasteiger partial charge in [-0.2, -0.15) is 0 Å². The Kier molecular flexibility index (Phi) is 2.18. The van der Waals surface area contributed by atoms with Gasteiger partial charge >= 0.3 is 0 Å². The van der Waals surface area contributed by atoms with Gasteiger partial charge in [0.2, 0.25) is 6.79 Å². The van der Waals surface area contributed by atoms with Gasteiger partial charge in [0.05, 0.1) is 5.69 Å². The highest BCUT2D eigenvalue weighted by Crippen LogP contribution is 2.35. The zero-order valence-electron chi connectivity index (χ0n) is 10.2. The van der Waals surface area contributed by atoms with E-state index in [9.17, 15) is 0 Å². The summed E-state index contributed by atoms with van der Waals surface area (Å²) in [6, 6.07) is 14.1. The molecule has 3 nitrogen and oxygen atoms in total. The van der Waals surface area contributed by atoms with E-state index in [2.05, 4.69) is 17.1 Å². The van der Waals surface area contributed by atoms with Crippen molar-refractivity contribution in [2.75, 3.05) is 6.79 Å². The largest absolute Gasteiger partial charge is 0.454 e. The summed E-state index contributed by atoms with van der Waals surface area (Å²) in [4.78, 5) is 4.40. The third-order valence-electron chi connectivity index (χ3n) is 3.28. The lowest BCUT2D eigenvalue weighted by atomic mass is 10.0. The highest BCUT2D eigenvalue weighted by Gasteiger charge is 2.14. The van der Waals surface area contributed by atoms with E-state index in [1.165, 1.54) is 5.56 Å². The van der Waals surface area contributed by atoms with Crippen LogP contribution in [0.1, 0.15) is 11.1 Å². The molecule has 19 heavy (non-hydrogen) atoms. The Morgan fingerprint density at radius 1 is 1.00 bits per heavy atom. The number of aliphatic imine (C=N–C) groups is 1. The van der Waals surface area contributed by atoms with Gasteiger partial charge in [-0.1, -0.05) is 24.3 Å². The smallest absolute Gasteiger partial charge is 0.231 e. The van der Waals surface area contributed by atoms with Gasteiger partial charge in [0.1, 0.15) is 0 Å². The summed E-state index contributed by atoms with van der Waals surface area (Å²) in [6.07, 6.45) is 4.01. The van der Waals surface area contributed by atoms with Crippen LogP contribution in [0, 0.1) is 0 Å². The van der Waals surface area contributed by atoms with Crippen LogP contribution in [0.4, 0.5) is 5.69 Å². The number of hydrogen-bond acceptors (Lipinski definition) is 3. The quantitative estimate of drug-likeness (QED) is 0.772. The Hall–Kier alpha value is -2.55. The highest BCUT2D eigenvalue weighted by atomic mass is 16.7. The SMILES string of the molecule is C1=Nc2ccccc2/C1=C/c1ccc2c(c1)OCO2. The van der Waals surface area contributed by atoms with Crippen LogP contribution < -0.4 is 9.47 Å². The van der Waals surface area contributed by atoms with E-state index in [1.807, 2.05) is 42.6 Å². The number of benzene rings is 2. The minimum Gasteiger partial charge on any atom is -0.454 e. The lowest BCUT2D eigenvalue weighted by molar-refractivity contribution is 0.174. The minimum absolute atomic E-state index is 0.305. The standard InChI is InChI=1S/C16H11NO2/c1-2-4-14-13(3-1)12(9-17-14)7-11-5-6-15-16(8-11)19-10-18-15/h1-9H,10H2/b12-7+. The molecule has 92 valence electrons. The van der Waals surface area contributed by atoms with E-state index in [0.717, 1.165) is 28.3 Å². The summed E-state index contributed by atoms with van der Waals surface area (Å²) in [7, 11) is 0. The minimum atomic E-state index is 0.305. The average molecular weight is 249 g/mol. The van der Waals surface area contributed by atoms with Crippen molar-refractivity contribution in [3.8, 4) is 11.5 Å². The lowest BCUT2D eigenvalue weighted by Crippen LogP contribution is -1.92. The van der Waals surface area contributed by atoms with Gasteiger partial charge in [-0.3, -0.25) is 4.99 Å². The van der Waals surface area contributed by atoms with E-state index in [1.54, 1.807) is 0 Å². The predicted octanol–water partition coefficient (Wildman–Crippen LogP) is 3.67. The molecule has 2 aliphatic rings. The molecule has 0 radical (unpaired) electrons. The van der Waals surface area contributed by atoms with Gasteiger partial charge in [-0.25, -0.2) is 0 Å². The average Bonchev–Trinajstić information content (AvgIpc) is 3.06. The van der Waals surface area contributed by atoms with Crippen molar-refractivity contribution in [1.29, 1.82) is 0 Å². The Balaban J connectivity index is 1.76. The molecule has 0 N–H and O–H groups in total. The Bertz CT molecular complexity index is 716. The molecule has 0 aromatic heterocycles. The summed E-state index contributed by atoms with van der Waals surface area (Å²) in [5.41, 5.74) is 4.39. The predicted molar refractivity (Wildman–Crippen MR) is 75.0 cm³/mol. The number of allylic oxidation sites excluding steroid dienone is 1. The Labute approximate surface area is 110 Å². The first-order valence-electron chi connectivity index (χ1n) is 6.15. The van der Waals surface area contributed by atoms with Gasteiger partial charge in [-0.05, 0) is 29.8 Å². The molecule has 0 aliphatic carbocycles. The molecular weight excluding hydrogens is 238 g/mol. The molecule has 0 saturated heterocycles. The van der Waals surface area contributed by atoms with Crippen LogP contribution in [0.2, 0.25) is 0 Å². The molecule has 2 aliphatic heterocycles. The van der Waals surface area contributed by atoms with Crippen molar-refractivity contribution in [1.82, 2.24) is 0 Å². The number of para-hydroxylation sites is 1. The van der Waals surface area contributed by atoms with E-state index in [4.69, 9.17) is 9.47 Å². The zero-order chi connectivity index (χ0) is 12.7. The van der Waals surface area contributed by atoms with Crippen molar-refractivity contribution >= 4 is 23.6 Å². The lowest BCUT2D eigenvalue weighted by Gasteiger charge is -2.01. The Morgan fingerprint density at radius 2 is 1.89 bits per heavy atom. The molecule has 3 heteroatoms. The van der Waals surface area contributed by atoms with Gasteiger partial charge in [-0.15, -0.1) is 0 Å². The molecule has 2 heterocycles. The van der Waals surface area contributed by atoms with E-state index >= 15 is 0 Å². The maximum Gasteiger partial charge on any atom is 0.231 e. The molecule has 0 amide bonds. The molecule has 2 aromatic rings. The van der Waals surface area contributed by atoms with Crippen molar-refractivity contribution < 1.29 is 9.47 Å². The first kappa shape index (κ1) is 10.4. The fourth-order valence-electron chi connectivity index (χ4n) is 2.34. The highest BCUT2D eigenvalue weighted by molar-refractivity contribution is 6.21. The van der Waals surface area contributed by atoms with Gasteiger partial charge in [0, 0.05) is 17.4 Å². The molecule has 0 saturated carbocycles. The first-order chi connectivity index (χ1) is 9.40. The molecule has 0 spiro atoms. The van der Waals surface area contributed by atoms with Crippen molar-refractivity contribution in [3.05, 3.63) is 53.6 Å². The zero-order valence-corrected chi connectivity index (χ0v) is 10.2. The number of rotatable bonds is 1.